The minimum atomic E-state index is -0.0228. The van der Waals surface area contributed by atoms with Crippen LogP contribution in [0.25, 0.3) is 0 Å². The van der Waals surface area contributed by atoms with Crippen molar-refractivity contribution < 1.29 is 4.79 Å². The minimum Gasteiger partial charge on any atom is -0.365 e. The van der Waals surface area contributed by atoms with Crippen molar-refractivity contribution in [3.63, 3.8) is 0 Å². The first-order chi connectivity index (χ1) is 8.58. The van der Waals surface area contributed by atoms with E-state index in [1.54, 1.807) is 7.05 Å². The third-order valence-corrected chi connectivity index (χ3v) is 3.05. The second kappa shape index (κ2) is 7.24. The molecule has 0 bridgehead atoms. The lowest BCUT2D eigenvalue weighted by Gasteiger charge is -2.19. The van der Waals surface area contributed by atoms with E-state index < -0.39 is 0 Å². The van der Waals surface area contributed by atoms with Gasteiger partial charge in [0.15, 0.2) is 0 Å². The van der Waals surface area contributed by atoms with Crippen LogP contribution in [0, 0.1) is 0 Å². The molecule has 1 rings (SSSR count). The monoisotopic (exact) mass is 269 g/mol. The summed E-state index contributed by atoms with van der Waals surface area (Å²) in [6, 6.07) is 5.85. The van der Waals surface area contributed by atoms with Crippen LogP contribution in [0.1, 0.15) is 12.5 Å². The Morgan fingerprint density at radius 2 is 2.17 bits per heavy atom. The molecule has 0 aliphatic rings. The first-order valence-corrected chi connectivity index (χ1v) is 6.37. The molecular formula is C13H20ClN3O. The maximum atomic E-state index is 11.3. The fourth-order valence-corrected chi connectivity index (χ4v) is 1.80. The highest BCUT2D eigenvalue weighted by Gasteiger charge is 2.08. The van der Waals surface area contributed by atoms with Gasteiger partial charge in [0.2, 0.25) is 5.91 Å². The standard InChI is InChI=1S/C13H20ClN3O/c1-4-16-8-10-5-6-11(7-12(10)14)17(3)9-13(18)15-2/h5-7,16H,4,8-9H2,1-3H3,(H,15,18). The summed E-state index contributed by atoms with van der Waals surface area (Å²) in [5.41, 5.74) is 2.00. The van der Waals surface area contributed by atoms with Gasteiger partial charge in [0.05, 0.1) is 6.54 Å². The largest absolute Gasteiger partial charge is 0.365 e. The number of amides is 1. The van der Waals surface area contributed by atoms with Gasteiger partial charge in [-0.3, -0.25) is 4.79 Å². The van der Waals surface area contributed by atoms with E-state index in [9.17, 15) is 4.79 Å². The molecule has 0 atom stereocenters. The number of benzene rings is 1. The Morgan fingerprint density at radius 1 is 1.44 bits per heavy atom. The van der Waals surface area contributed by atoms with Gasteiger partial charge in [0.25, 0.3) is 0 Å². The molecule has 2 N–H and O–H groups in total. The number of anilines is 1. The number of nitrogens with zero attached hydrogens (tertiary/aromatic N) is 1. The van der Waals surface area contributed by atoms with E-state index in [4.69, 9.17) is 11.6 Å². The first kappa shape index (κ1) is 14.8. The Labute approximate surface area is 113 Å². The fourth-order valence-electron chi connectivity index (χ4n) is 1.56. The minimum absolute atomic E-state index is 0.0228. The van der Waals surface area contributed by atoms with Crippen LogP contribution in [0.15, 0.2) is 18.2 Å². The van der Waals surface area contributed by atoms with Gasteiger partial charge < -0.3 is 15.5 Å². The molecule has 0 spiro atoms. The van der Waals surface area contributed by atoms with Gasteiger partial charge in [0, 0.05) is 31.4 Å². The summed E-state index contributed by atoms with van der Waals surface area (Å²) in [6.45, 7) is 4.04. The summed E-state index contributed by atoms with van der Waals surface area (Å²) in [6.07, 6.45) is 0. The van der Waals surface area contributed by atoms with E-state index in [2.05, 4.69) is 17.6 Å². The highest BCUT2D eigenvalue weighted by Crippen LogP contribution is 2.23. The number of halogens is 1. The number of hydrogen-bond donors (Lipinski definition) is 2. The molecule has 1 amide bonds. The quantitative estimate of drug-likeness (QED) is 0.825. The van der Waals surface area contributed by atoms with Crippen LogP contribution in [0.4, 0.5) is 5.69 Å². The van der Waals surface area contributed by atoms with E-state index in [-0.39, 0.29) is 5.91 Å². The zero-order valence-electron chi connectivity index (χ0n) is 11.1. The van der Waals surface area contributed by atoms with Crippen molar-refractivity contribution in [3.05, 3.63) is 28.8 Å². The lowest BCUT2D eigenvalue weighted by Crippen LogP contribution is -2.32. The second-order valence-electron chi connectivity index (χ2n) is 4.09. The molecule has 4 nitrogen and oxygen atoms in total. The van der Waals surface area contributed by atoms with Gasteiger partial charge >= 0.3 is 0 Å². The van der Waals surface area contributed by atoms with E-state index in [0.29, 0.717) is 6.54 Å². The van der Waals surface area contributed by atoms with Gasteiger partial charge in [-0.15, -0.1) is 0 Å². The van der Waals surface area contributed by atoms with E-state index in [1.165, 1.54) is 0 Å². The SMILES string of the molecule is CCNCc1ccc(N(C)CC(=O)NC)cc1Cl. The molecule has 1 aromatic carbocycles. The summed E-state index contributed by atoms with van der Waals surface area (Å²) < 4.78 is 0. The smallest absolute Gasteiger partial charge is 0.239 e. The third kappa shape index (κ3) is 4.20. The Bertz CT molecular complexity index is 409. The molecule has 0 aromatic heterocycles. The predicted molar refractivity (Wildman–Crippen MR) is 76.2 cm³/mol. The summed E-state index contributed by atoms with van der Waals surface area (Å²) in [7, 11) is 3.49. The summed E-state index contributed by atoms with van der Waals surface area (Å²) >= 11 is 6.21. The number of nitrogens with one attached hydrogen (secondary N) is 2. The maximum absolute atomic E-state index is 11.3. The molecule has 0 fully saturated rings. The third-order valence-electron chi connectivity index (χ3n) is 2.70. The van der Waals surface area contributed by atoms with Crippen LogP contribution in [0.3, 0.4) is 0 Å². The van der Waals surface area contributed by atoms with Gasteiger partial charge in [-0.2, -0.15) is 0 Å². The normalized spacial score (nSPS) is 10.2. The van der Waals surface area contributed by atoms with Crippen molar-refractivity contribution in [2.75, 3.05) is 32.1 Å². The topological polar surface area (TPSA) is 44.4 Å². The average Bonchev–Trinajstić information content (AvgIpc) is 2.37. The number of carbonyl (C=O) groups excluding carboxylic acids is 1. The van der Waals surface area contributed by atoms with E-state index in [0.717, 1.165) is 29.4 Å². The molecule has 0 radical (unpaired) electrons. The predicted octanol–water partition coefficient (Wildman–Crippen LogP) is 1.63. The molecule has 0 saturated carbocycles. The molecule has 18 heavy (non-hydrogen) atoms. The van der Waals surface area contributed by atoms with Crippen LogP contribution in [-0.2, 0) is 11.3 Å². The summed E-state index contributed by atoms with van der Waals surface area (Å²) in [4.78, 5) is 13.2. The Kier molecular flexibility index (Phi) is 5.95. The Morgan fingerprint density at radius 3 is 2.72 bits per heavy atom. The molecular weight excluding hydrogens is 250 g/mol. The van der Waals surface area contributed by atoms with Crippen molar-refractivity contribution >= 4 is 23.2 Å². The molecule has 0 saturated heterocycles. The molecule has 0 unspecified atom stereocenters. The highest BCUT2D eigenvalue weighted by molar-refractivity contribution is 6.31. The first-order valence-electron chi connectivity index (χ1n) is 5.99. The molecule has 0 heterocycles. The molecule has 100 valence electrons. The number of likely N-dealkylation sites (N-methyl/N-ethyl adjacent to an activating group) is 2. The second-order valence-corrected chi connectivity index (χ2v) is 4.49. The lowest BCUT2D eigenvalue weighted by atomic mass is 10.2. The van der Waals surface area contributed by atoms with Crippen LogP contribution in [0.5, 0.6) is 0 Å². The highest BCUT2D eigenvalue weighted by atomic mass is 35.5. The van der Waals surface area contributed by atoms with Crippen LogP contribution < -0.4 is 15.5 Å². The van der Waals surface area contributed by atoms with Gasteiger partial charge in [-0.25, -0.2) is 0 Å². The average molecular weight is 270 g/mol. The number of rotatable bonds is 6. The van der Waals surface area contributed by atoms with E-state index >= 15 is 0 Å². The van der Waals surface area contributed by atoms with Crippen LogP contribution in [0.2, 0.25) is 5.02 Å². The van der Waals surface area contributed by atoms with Crippen molar-refractivity contribution in [2.45, 2.75) is 13.5 Å². The number of hydrogen-bond acceptors (Lipinski definition) is 3. The van der Waals surface area contributed by atoms with Crippen molar-refractivity contribution in [2.24, 2.45) is 0 Å². The molecule has 1 aromatic rings. The summed E-state index contributed by atoms with van der Waals surface area (Å²) in [5.74, 6) is -0.0228. The Balaban J connectivity index is 2.73. The van der Waals surface area contributed by atoms with Crippen LogP contribution in [-0.4, -0.2) is 33.1 Å². The van der Waals surface area contributed by atoms with Crippen molar-refractivity contribution in [3.8, 4) is 0 Å². The summed E-state index contributed by atoms with van der Waals surface area (Å²) in [5, 5.41) is 6.55. The van der Waals surface area contributed by atoms with Gasteiger partial charge in [0.1, 0.15) is 0 Å². The van der Waals surface area contributed by atoms with Crippen LogP contribution >= 0.6 is 11.6 Å². The zero-order valence-corrected chi connectivity index (χ0v) is 11.8. The van der Waals surface area contributed by atoms with Crippen molar-refractivity contribution in [1.29, 1.82) is 0 Å². The lowest BCUT2D eigenvalue weighted by molar-refractivity contribution is -0.119. The Hall–Kier alpha value is -1.26. The number of carbonyl (C=O) groups is 1. The molecule has 0 aliphatic heterocycles. The zero-order chi connectivity index (χ0) is 13.5. The molecule has 0 aliphatic carbocycles. The fraction of sp³-hybridized carbons (Fsp3) is 0.462. The van der Waals surface area contributed by atoms with Gasteiger partial charge in [-0.05, 0) is 24.2 Å². The van der Waals surface area contributed by atoms with E-state index in [1.807, 2.05) is 30.1 Å². The maximum Gasteiger partial charge on any atom is 0.239 e. The van der Waals surface area contributed by atoms with Crippen molar-refractivity contribution in [1.82, 2.24) is 10.6 Å². The molecule has 5 heteroatoms. The van der Waals surface area contributed by atoms with Gasteiger partial charge in [-0.1, -0.05) is 24.6 Å².